The second kappa shape index (κ2) is 10.2. The summed E-state index contributed by atoms with van der Waals surface area (Å²) in [6.07, 6.45) is 1.77. The number of halogens is 1. The van der Waals surface area contributed by atoms with E-state index in [1.807, 2.05) is 12.1 Å². The summed E-state index contributed by atoms with van der Waals surface area (Å²) in [7, 11) is 4.56. The summed E-state index contributed by atoms with van der Waals surface area (Å²) >= 11 is 5.95. The number of benzene rings is 3. The van der Waals surface area contributed by atoms with Crippen LogP contribution in [0.15, 0.2) is 76.1 Å². The zero-order chi connectivity index (χ0) is 25.9. The smallest absolute Gasteiger partial charge is 0.197 e. The third-order valence-electron chi connectivity index (χ3n) is 5.68. The number of ether oxygens (including phenoxy) is 4. The minimum absolute atomic E-state index is 0.175. The summed E-state index contributed by atoms with van der Waals surface area (Å²) in [5.41, 5.74) is 2.21. The SMILES string of the molecule is COc1cc(OC)c2c(=O)cc(-c3ccc(OCc4cn(-c5ccc(Cl)cc5)nn4)c(OC)c3)oc2c1. The predicted octanol–water partition coefficient (Wildman–Crippen LogP) is 5.30. The summed E-state index contributed by atoms with van der Waals surface area (Å²) in [5.74, 6) is 2.22. The summed E-state index contributed by atoms with van der Waals surface area (Å²) in [6.45, 7) is 0.175. The highest BCUT2D eigenvalue weighted by Gasteiger charge is 2.16. The van der Waals surface area contributed by atoms with Crippen LogP contribution in [0.3, 0.4) is 0 Å². The molecule has 5 rings (SSSR count). The van der Waals surface area contributed by atoms with Gasteiger partial charge in [-0.25, -0.2) is 4.68 Å². The fraction of sp³-hybridized carbons (Fsp3) is 0.148. The van der Waals surface area contributed by atoms with Gasteiger partial charge in [0.25, 0.3) is 0 Å². The second-order valence-electron chi connectivity index (χ2n) is 7.96. The molecule has 0 bridgehead atoms. The van der Waals surface area contributed by atoms with E-state index in [1.165, 1.54) is 27.4 Å². The molecule has 0 saturated carbocycles. The molecule has 3 aromatic carbocycles. The second-order valence-corrected chi connectivity index (χ2v) is 8.40. The van der Waals surface area contributed by atoms with Crippen molar-refractivity contribution >= 4 is 22.6 Å². The monoisotopic (exact) mass is 519 g/mol. The van der Waals surface area contributed by atoms with Crippen molar-refractivity contribution in [3.63, 3.8) is 0 Å². The average Bonchev–Trinajstić information content (AvgIpc) is 3.40. The van der Waals surface area contributed by atoms with E-state index in [2.05, 4.69) is 10.3 Å². The maximum absolute atomic E-state index is 12.9. The number of rotatable bonds is 8. The van der Waals surface area contributed by atoms with Crippen LogP contribution in [-0.2, 0) is 6.61 Å². The van der Waals surface area contributed by atoms with E-state index in [-0.39, 0.29) is 12.0 Å². The molecule has 0 saturated heterocycles. The molecule has 0 unspecified atom stereocenters. The van der Waals surface area contributed by atoms with E-state index in [1.54, 1.807) is 53.3 Å². The molecule has 0 amide bonds. The summed E-state index contributed by atoms with van der Waals surface area (Å²) < 4.78 is 29.8. The predicted molar refractivity (Wildman–Crippen MR) is 138 cm³/mol. The number of fused-ring (bicyclic) bond motifs is 1. The fourth-order valence-electron chi connectivity index (χ4n) is 3.83. The molecule has 0 aliphatic rings. The Hall–Kier alpha value is -4.50. The molecule has 2 heterocycles. The fourth-order valence-corrected chi connectivity index (χ4v) is 3.95. The van der Waals surface area contributed by atoms with Crippen LogP contribution in [0.25, 0.3) is 28.0 Å². The van der Waals surface area contributed by atoms with Crippen molar-refractivity contribution in [3.8, 4) is 40.0 Å². The van der Waals surface area contributed by atoms with Crippen LogP contribution in [-0.4, -0.2) is 36.3 Å². The van der Waals surface area contributed by atoms with Gasteiger partial charge in [-0.1, -0.05) is 16.8 Å². The van der Waals surface area contributed by atoms with E-state index in [4.69, 9.17) is 35.0 Å². The Bertz CT molecular complexity index is 1630. The van der Waals surface area contributed by atoms with Crippen LogP contribution in [0.5, 0.6) is 23.0 Å². The molecule has 0 spiro atoms. The zero-order valence-corrected chi connectivity index (χ0v) is 21.0. The number of hydrogen-bond acceptors (Lipinski definition) is 8. The molecular formula is C27H22ClN3O6. The van der Waals surface area contributed by atoms with E-state index < -0.39 is 0 Å². The maximum atomic E-state index is 12.9. The van der Waals surface area contributed by atoms with Crippen molar-refractivity contribution in [2.45, 2.75) is 6.61 Å². The van der Waals surface area contributed by atoms with Gasteiger partial charge in [-0.15, -0.1) is 5.10 Å². The van der Waals surface area contributed by atoms with E-state index in [0.717, 1.165) is 5.69 Å². The number of aromatic nitrogens is 3. The Labute approximate surface area is 216 Å². The minimum Gasteiger partial charge on any atom is -0.496 e. The lowest BCUT2D eigenvalue weighted by Crippen LogP contribution is -2.03. The van der Waals surface area contributed by atoms with E-state index in [0.29, 0.717) is 56.0 Å². The van der Waals surface area contributed by atoms with Gasteiger partial charge in [0.2, 0.25) is 0 Å². The van der Waals surface area contributed by atoms with Gasteiger partial charge < -0.3 is 23.4 Å². The summed E-state index contributed by atoms with van der Waals surface area (Å²) in [4.78, 5) is 12.9. The molecule has 10 heteroatoms. The van der Waals surface area contributed by atoms with Gasteiger partial charge in [-0.2, -0.15) is 0 Å². The van der Waals surface area contributed by atoms with Crippen LogP contribution in [0, 0.1) is 0 Å². The molecule has 5 aromatic rings. The summed E-state index contributed by atoms with van der Waals surface area (Å²) in [5, 5.41) is 9.28. The highest BCUT2D eigenvalue weighted by Crippen LogP contribution is 2.35. The molecule has 0 aliphatic carbocycles. The van der Waals surface area contributed by atoms with Crippen LogP contribution in [0.1, 0.15) is 5.69 Å². The Kier molecular flexibility index (Phi) is 6.70. The lowest BCUT2D eigenvalue weighted by Gasteiger charge is -2.12. The largest absolute Gasteiger partial charge is 0.496 e. The lowest BCUT2D eigenvalue weighted by atomic mass is 10.1. The molecular weight excluding hydrogens is 498 g/mol. The molecule has 0 radical (unpaired) electrons. The highest BCUT2D eigenvalue weighted by atomic mass is 35.5. The first-order valence-corrected chi connectivity index (χ1v) is 11.5. The normalized spacial score (nSPS) is 10.9. The maximum Gasteiger partial charge on any atom is 0.197 e. The van der Waals surface area contributed by atoms with Gasteiger partial charge in [0.1, 0.15) is 40.5 Å². The van der Waals surface area contributed by atoms with Crippen LogP contribution >= 0.6 is 11.6 Å². The van der Waals surface area contributed by atoms with Crippen LogP contribution < -0.4 is 24.4 Å². The Balaban J connectivity index is 1.40. The van der Waals surface area contributed by atoms with Crippen LogP contribution in [0.2, 0.25) is 5.02 Å². The molecule has 37 heavy (non-hydrogen) atoms. The van der Waals surface area contributed by atoms with Crippen LogP contribution in [0.4, 0.5) is 0 Å². The number of methoxy groups -OCH3 is 3. The highest BCUT2D eigenvalue weighted by molar-refractivity contribution is 6.30. The van der Waals surface area contributed by atoms with Gasteiger partial charge in [0.05, 0.1) is 33.2 Å². The number of hydrogen-bond donors (Lipinski definition) is 0. The Morgan fingerprint density at radius 3 is 2.41 bits per heavy atom. The van der Waals surface area contributed by atoms with Crippen molar-refractivity contribution in [3.05, 3.63) is 87.8 Å². The van der Waals surface area contributed by atoms with Crippen molar-refractivity contribution in [2.24, 2.45) is 0 Å². The Morgan fingerprint density at radius 2 is 1.68 bits per heavy atom. The van der Waals surface area contributed by atoms with E-state index in [9.17, 15) is 4.79 Å². The van der Waals surface area contributed by atoms with Crippen molar-refractivity contribution in [2.75, 3.05) is 21.3 Å². The molecule has 0 aliphatic heterocycles. The quantitative estimate of drug-likeness (QED) is 0.272. The molecule has 0 N–H and O–H groups in total. The first kappa shape index (κ1) is 24.2. The Morgan fingerprint density at radius 1 is 0.892 bits per heavy atom. The number of nitrogens with zero attached hydrogens (tertiary/aromatic N) is 3. The minimum atomic E-state index is -0.237. The molecule has 9 nitrogen and oxygen atoms in total. The van der Waals surface area contributed by atoms with Gasteiger partial charge in [-0.05, 0) is 42.5 Å². The van der Waals surface area contributed by atoms with Crippen molar-refractivity contribution in [1.82, 2.24) is 15.0 Å². The zero-order valence-electron chi connectivity index (χ0n) is 20.2. The molecule has 0 atom stereocenters. The molecule has 0 fully saturated rings. The summed E-state index contributed by atoms with van der Waals surface area (Å²) in [6, 6.07) is 17.2. The van der Waals surface area contributed by atoms with Gasteiger partial charge in [0.15, 0.2) is 16.9 Å². The third kappa shape index (κ3) is 4.94. The molecule has 2 aromatic heterocycles. The third-order valence-corrected chi connectivity index (χ3v) is 5.93. The average molecular weight is 520 g/mol. The van der Waals surface area contributed by atoms with Crippen molar-refractivity contribution < 1.29 is 23.4 Å². The van der Waals surface area contributed by atoms with Gasteiger partial charge >= 0.3 is 0 Å². The topological polar surface area (TPSA) is 97.8 Å². The lowest BCUT2D eigenvalue weighted by molar-refractivity contribution is 0.280. The van der Waals surface area contributed by atoms with Gasteiger partial charge in [-0.3, -0.25) is 4.79 Å². The first-order chi connectivity index (χ1) is 18.0. The van der Waals surface area contributed by atoms with Gasteiger partial charge in [0, 0.05) is 28.8 Å². The van der Waals surface area contributed by atoms with Crippen molar-refractivity contribution in [1.29, 1.82) is 0 Å². The standard InChI is InChI=1S/C27H22ClN3O6/c1-33-20-11-25(35-3)27-21(32)13-23(37-26(27)12-20)16-4-9-22(24(10-16)34-2)36-15-18-14-31(30-29-18)19-7-5-17(28)6-8-19/h4-14H,15H2,1-3H3. The molecule has 188 valence electrons. The first-order valence-electron chi connectivity index (χ1n) is 11.2. The van der Waals surface area contributed by atoms with E-state index >= 15 is 0 Å².